The van der Waals surface area contributed by atoms with E-state index >= 15 is 0 Å². The van der Waals surface area contributed by atoms with Crippen LogP contribution in [-0.2, 0) is 5.60 Å². The zero-order chi connectivity index (χ0) is 10.0. The van der Waals surface area contributed by atoms with E-state index in [-0.39, 0.29) is 0 Å². The van der Waals surface area contributed by atoms with Crippen LogP contribution < -0.4 is 0 Å². The molecule has 1 aromatic heterocycles. The van der Waals surface area contributed by atoms with E-state index in [2.05, 4.69) is 4.98 Å². The third-order valence-electron chi connectivity index (χ3n) is 2.94. The molecule has 0 saturated heterocycles. The number of halogens is 1. The van der Waals surface area contributed by atoms with E-state index in [9.17, 15) is 9.50 Å². The molecule has 1 heterocycles. The summed E-state index contributed by atoms with van der Waals surface area (Å²) in [6, 6.07) is 3.04. The van der Waals surface area contributed by atoms with Gasteiger partial charge in [-0.3, -0.25) is 0 Å². The SMILES string of the molecule is OC1(c2ccnc(F)c2)CCCCC1. The fraction of sp³-hybridized carbons (Fsp3) is 0.545. The van der Waals surface area contributed by atoms with Crippen molar-refractivity contribution in [2.75, 3.05) is 0 Å². The van der Waals surface area contributed by atoms with E-state index in [0.29, 0.717) is 5.56 Å². The van der Waals surface area contributed by atoms with Crippen molar-refractivity contribution in [3.8, 4) is 0 Å². The lowest BCUT2D eigenvalue weighted by molar-refractivity contribution is -0.00101. The number of nitrogens with zero attached hydrogens (tertiary/aromatic N) is 1. The Morgan fingerprint density at radius 2 is 2.00 bits per heavy atom. The number of hydrogen-bond acceptors (Lipinski definition) is 2. The Morgan fingerprint density at radius 3 is 2.64 bits per heavy atom. The molecule has 1 aliphatic carbocycles. The van der Waals surface area contributed by atoms with Gasteiger partial charge in [-0.2, -0.15) is 4.39 Å². The first-order chi connectivity index (χ1) is 6.71. The van der Waals surface area contributed by atoms with Gasteiger partial charge in [0, 0.05) is 6.20 Å². The van der Waals surface area contributed by atoms with Gasteiger partial charge < -0.3 is 5.11 Å². The standard InChI is InChI=1S/C11H14FNO/c12-10-8-9(4-7-13-10)11(14)5-2-1-3-6-11/h4,7-8,14H,1-3,5-6H2. The molecule has 76 valence electrons. The molecule has 0 atom stereocenters. The first kappa shape index (κ1) is 9.59. The molecular formula is C11H14FNO. The number of aliphatic hydroxyl groups is 1. The largest absolute Gasteiger partial charge is 0.385 e. The summed E-state index contributed by atoms with van der Waals surface area (Å²) >= 11 is 0. The minimum Gasteiger partial charge on any atom is -0.385 e. The van der Waals surface area contributed by atoms with Crippen molar-refractivity contribution < 1.29 is 9.50 Å². The Bertz CT molecular complexity index is 321. The zero-order valence-electron chi connectivity index (χ0n) is 8.04. The predicted molar refractivity (Wildman–Crippen MR) is 51.2 cm³/mol. The van der Waals surface area contributed by atoms with Gasteiger partial charge in [-0.25, -0.2) is 4.98 Å². The molecule has 0 aromatic carbocycles. The minimum absolute atomic E-state index is 0.513. The maximum atomic E-state index is 12.9. The van der Waals surface area contributed by atoms with Crippen molar-refractivity contribution in [1.82, 2.24) is 4.98 Å². The van der Waals surface area contributed by atoms with Crippen molar-refractivity contribution in [1.29, 1.82) is 0 Å². The average molecular weight is 195 g/mol. The van der Waals surface area contributed by atoms with Crippen LogP contribution in [0.3, 0.4) is 0 Å². The van der Waals surface area contributed by atoms with Crippen LogP contribution in [0.25, 0.3) is 0 Å². The molecule has 0 spiro atoms. The zero-order valence-corrected chi connectivity index (χ0v) is 8.04. The van der Waals surface area contributed by atoms with E-state index in [4.69, 9.17) is 0 Å². The quantitative estimate of drug-likeness (QED) is 0.698. The van der Waals surface area contributed by atoms with Crippen molar-refractivity contribution in [2.24, 2.45) is 0 Å². The summed E-state index contributed by atoms with van der Waals surface area (Å²) in [4.78, 5) is 3.49. The van der Waals surface area contributed by atoms with Gasteiger partial charge in [0.25, 0.3) is 0 Å². The maximum Gasteiger partial charge on any atom is 0.213 e. The average Bonchev–Trinajstić information content (AvgIpc) is 2.19. The molecule has 1 N–H and O–H groups in total. The highest BCUT2D eigenvalue weighted by molar-refractivity contribution is 5.20. The fourth-order valence-electron chi connectivity index (χ4n) is 2.12. The third-order valence-corrected chi connectivity index (χ3v) is 2.94. The molecule has 1 saturated carbocycles. The molecule has 1 fully saturated rings. The van der Waals surface area contributed by atoms with Gasteiger partial charge in [-0.05, 0) is 30.5 Å². The lowest BCUT2D eigenvalue weighted by Gasteiger charge is -2.32. The normalized spacial score (nSPS) is 20.7. The summed E-state index contributed by atoms with van der Waals surface area (Å²) in [6.45, 7) is 0. The summed E-state index contributed by atoms with van der Waals surface area (Å²) in [6.07, 6.45) is 6.07. The molecule has 0 unspecified atom stereocenters. The van der Waals surface area contributed by atoms with Crippen LogP contribution >= 0.6 is 0 Å². The first-order valence-electron chi connectivity index (χ1n) is 5.05. The van der Waals surface area contributed by atoms with Crippen LogP contribution in [0.4, 0.5) is 4.39 Å². The molecule has 2 rings (SSSR count). The Morgan fingerprint density at radius 1 is 1.29 bits per heavy atom. The van der Waals surface area contributed by atoms with Crippen LogP contribution in [0.2, 0.25) is 0 Å². The van der Waals surface area contributed by atoms with Gasteiger partial charge in [0.1, 0.15) is 0 Å². The van der Waals surface area contributed by atoms with Crippen molar-refractivity contribution in [2.45, 2.75) is 37.7 Å². The predicted octanol–water partition coefficient (Wildman–Crippen LogP) is 2.37. The van der Waals surface area contributed by atoms with Crippen molar-refractivity contribution >= 4 is 0 Å². The van der Waals surface area contributed by atoms with Gasteiger partial charge in [0.15, 0.2) is 0 Å². The first-order valence-corrected chi connectivity index (χ1v) is 5.05. The highest BCUT2D eigenvalue weighted by atomic mass is 19.1. The molecule has 3 heteroatoms. The third kappa shape index (κ3) is 1.77. The highest BCUT2D eigenvalue weighted by Crippen LogP contribution is 2.36. The summed E-state index contributed by atoms with van der Waals surface area (Å²) < 4.78 is 12.9. The second kappa shape index (κ2) is 3.65. The molecule has 14 heavy (non-hydrogen) atoms. The Balaban J connectivity index is 2.28. The van der Waals surface area contributed by atoms with E-state index in [0.717, 1.165) is 32.1 Å². The number of hydrogen-bond donors (Lipinski definition) is 1. The van der Waals surface area contributed by atoms with Crippen LogP contribution in [-0.4, -0.2) is 10.1 Å². The number of pyridine rings is 1. The van der Waals surface area contributed by atoms with E-state index in [1.54, 1.807) is 6.07 Å². The molecule has 1 aliphatic rings. The van der Waals surface area contributed by atoms with Crippen LogP contribution in [0.1, 0.15) is 37.7 Å². The molecule has 1 aromatic rings. The van der Waals surface area contributed by atoms with Gasteiger partial charge in [0.2, 0.25) is 5.95 Å². The molecular weight excluding hydrogens is 181 g/mol. The summed E-state index contributed by atoms with van der Waals surface area (Å²) in [7, 11) is 0. The van der Waals surface area contributed by atoms with E-state index in [1.807, 2.05) is 0 Å². The molecule has 0 bridgehead atoms. The second-order valence-corrected chi connectivity index (χ2v) is 3.96. The second-order valence-electron chi connectivity index (χ2n) is 3.96. The summed E-state index contributed by atoms with van der Waals surface area (Å²) in [5, 5.41) is 10.3. The van der Waals surface area contributed by atoms with Crippen LogP contribution in [0.5, 0.6) is 0 Å². The minimum atomic E-state index is -0.817. The lowest BCUT2D eigenvalue weighted by atomic mass is 9.80. The molecule has 0 aliphatic heterocycles. The van der Waals surface area contributed by atoms with E-state index < -0.39 is 11.5 Å². The van der Waals surface area contributed by atoms with Crippen molar-refractivity contribution in [3.05, 3.63) is 29.8 Å². The monoisotopic (exact) mass is 195 g/mol. The molecule has 0 amide bonds. The van der Waals surface area contributed by atoms with E-state index in [1.165, 1.54) is 12.3 Å². The topological polar surface area (TPSA) is 33.1 Å². The number of aromatic nitrogens is 1. The van der Waals surface area contributed by atoms with Gasteiger partial charge in [0.05, 0.1) is 5.60 Å². The Kier molecular flexibility index (Phi) is 2.50. The van der Waals surface area contributed by atoms with Crippen molar-refractivity contribution in [3.63, 3.8) is 0 Å². The van der Waals surface area contributed by atoms with Crippen LogP contribution in [0.15, 0.2) is 18.3 Å². The summed E-state index contributed by atoms with van der Waals surface area (Å²) in [5.41, 5.74) is -0.146. The van der Waals surface area contributed by atoms with Crippen LogP contribution in [0, 0.1) is 5.95 Å². The van der Waals surface area contributed by atoms with Gasteiger partial charge in [-0.1, -0.05) is 19.3 Å². The molecule has 0 radical (unpaired) electrons. The van der Waals surface area contributed by atoms with Gasteiger partial charge in [-0.15, -0.1) is 0 Å². The highest BCUT2D eigenvalue weighted by Gasteiger charge is 2.31. The Hall–Kier alpha value is -0.960. The molecule has 2 nitrogen and oxygen atoms in total. The lowest BCUT2D eigenvalue weighted by Crippen LogP contribution is -2.28. The smallest absolute Gasteiger partial charge is 0.213 e. The maximum absolute atomic E-state index is 12.9. The summed E-state index contributed by atoms with van der Waals surface area (Å²) in [5.74, 6) is -0.513. The fourth-order valence-corrected chi connectivity index (χ4v) is 2.12. The number of rotatable bonds is 1. The Labute approximate surface area is 82.8 Å². The van der Waals surface area contributed by atoms with Gasteiger partial charge >= 0.3 is 0 Å².